The molecule has 6 heterocycles. The molecule has 0 aliphatic carbocycles. The number of ether oxygens (including phenoxy) is 1. The van der Waals surface area contributed by atoms with Crippen LogP contribution in [0, 0.1) is 0 Å². The van der Waals surface area contributed by atoms with Crippen LogP contribution in [0.3, 0.4) is 0 Å². The molecule has 0 radical (unpaired) electrons. The third-order valence-electron chi connectivity index (χ3n) is 7.16. The van der Waals surface area contributed by atoms with Gasteiger partial charge in [0, 0.05) is 58.2 Å². The number of benzene rings is 2. The number of hydrogen-bond donors (Lipinski definition) is 3. The number of H-pyrrole nitrogens is 3. The number of rotatable bonds is 4. The van der Waals surface area contributed by atoms with Crippen molar-refractivity contribution >= 4 is 40.8 Å². The summed E-state index contributed by atoms with van der Waals surface area (Å²) in [5, 5.41) is 11.0. The lowest BCUT2D eigenvalue weighted by molar-refractivity contribution is 0.0514. The highest BCUT2D eigenvalue weighted by Crippen LogP contribution is 2.29. The average molecular weight is 659 g/mol. The van der Waals surface area contributed by atoms with Crippen molar-refractivity contribution in [2.45, 2.75) is 26.4 Å². The highest BCUT2D eigenvalue weighted by atomic mass is 35.5. The topological polar surface area (TPSA) is 156 Å². The molecule has 240 valence electrons. The predicted molar refractivity (Wildman–Crippen MR) is 186 cm³/mol. The Kier molecular flexibility index (Phi) is 8.82. The van der Waals surface area contributed by atoms with Crippen molar-refractivity contribution in [1.29, 1.82) is 0 Å². The van der Waals surface area contributed by atoms with E-state index in [1.54, 1.807) is 31.0 Å². The SMILES string of the molecule is CC(C)(C)OC(=O)n1cc(-c2ccnc3nc(-c4ccccc4)[nH]c23)cn1.Cl.c1ccc(-c2nc3nccc(-c4cn[nH]c4)c3[nH]2)cc1. The monoisotopic (exact) mass is 658 g/mol. The summed E-state index contributed by atoms with van der Waals surface area (Å²) in [7, 11) is 0. The number of halogens is 1. The molecule has 0 amide bonds. The minimum Gasteiger partial charge on any atom is -0.442 e. The van der Waals surface area contributed by atoms with Crippen LogP contribution in [0.15, 0.2) is 110 Å². The maximum Gasteiger partial charge on any atom is 0.435 e. The van der Waals surface area contributed by atoms with Crippen molar-refractivity contribution in [3.05, 3.63) is 110 Å². The Bertz CT molecular complexity index is 2290. The second kappa shape index (κ2) is 13.3. The van der Waals surface area contributed by atoms with Crippen molar-refractivity contribution < 1.29 is 9.53 Å². The number of nitrogens with one attached hydrogen (secondary N) is 3. The van der Waals surface area contributed by atoms with Crippen LogP contribution in [0.5, 0.6) is 0 Å². The fourth-order valence-electron chi connectivity index (χ4n) is 5.04. The summed E-state index contributed by atoms with van der Waals surface area (Å²) in [6.45, 7) is 5.45. The number of aromatic nitrogens is 10. The lowest BCUT2D eigenvalue weighted by Gasteiger charge is -2.18. The Hall–Kier alpha value is -6.14. The van der Waals surface area contributed by atoms with Gasteiger partial charge in [0.15, 0.2) is 11.3 Å². The molecule has 8 aromatic rings. The predicted octanol–water partition coefficient (Wildman–Crippen LogP) is 7.71. The summed E-state index contributed by atoms with van der Waals surface area (Å²) in [4.78, 5) is 36.7. The molecule has 0 fully saturated rings. The van der Waals surface area contributed by atoms with Gasteiger partial charge < -0.3 is 14.7 Å². The molecule has 0 bridgehead atoms. The van der Waals surface area contributed by atoms with Crippen molar-refractivity contribution in [1.82, 2.24) is 49.9 Å². The zero-order valence-corrected chi connectivity index (χ0v) is 27.1. The molecule has 0 saturated heterocycles. The molecule has 0 spiro atoms. The molecule has 0 aliphatic heterocycles. The summed E-state index contributed by atoms with van der Waals surface area (Å²) in [5.74, 6) is 1.56. The van der Waals surface area contributed by atoms with Gasteiger partial charge in [-0.1, -0.05) is 60.7 Å². The number of carbonyl (C=O) groups excluding carboxylic acids is 1. The van der Waals surface area contributed by atoms with Gasteiger partial charge in [0.2, 0.25) is 0 Å². The van der Waals surface area contributed by atoms with Crippen molar-refractivity contribution in [3.8, 4) is 45.0 Å². The van der Waals surface area contributed by atoms with Gasteiger partial charge in [-0.3, -0.25) is 5.10 Å². The molecule has 3 N–H and O–H groups in total. The van der Waals surface area contributed by atoms with Gasteiger partial charge in [-0.05, 0) is 32.9 Å². The van der Waals surface area contributed by atoms with Gasteiger partial charge >= 0.3 is 6.09 Å². The van der Waals surface area contributed by atoms with E-state index in [0.29, 0.717) is 11.3 Å². The normalized spacial score (nSPS) is 11.1. The standard InChI is InChI=1S/C20H19N5O2.C15H11N5.ClH/c1-20(2,3)27-19(26)25-12-14(11-22-25)15-9-10-21-18-16(15)23-17(24-18)13-7-5-4-6-8-13;1-2-4-10(5-3-1)14-19-13-12(11-8-17-18-9-11)6-7-16-15(13)20-14;/h4-12H,1-3H3,(H,21,23,24);1-9H,(H,17,18)(H,16,19,20);1H. The van der Waals surface area contributed by atoms with Crippen molar-refractivity contribution in [3.63, 3.8) is 0 Å². The number of carbonyl (C=O) groups is 1. The molecular weight excluding hydrogens is 628 g/mol. The third-order valence-corrected chi connectivity index (χ3v) is 7.16. The van der Waals surface area contributed by atoms with E-state index in [1.165, 1.54) is 4.68 Å². The van der Waals surface area contributed by atoms with Crippen LogP contribution in [-0.2, 0) is 4.74 Å². The zero-order valence-electron chi connectivity index (χ0n) is 26.2. The van der Waals surface area contributed by atoms with Gasteiger partial charge in [-0.25, -0.2) is 24.7 Å². The Morgan fingerprint density at radius 1 is 0.708 bits per heavy atom. The molecule has 0 atom stereocenters. The fourth-order valence-corrected chi connectivity index (χ4v) is 5.04. The van der Waals surface area contributed by atoms with E-state index < -0.39 is 11.7 Å². The third kappa shape index (κ3) is 6.69. The Labute approximate surface area is 281 Å². The van der Waals surface area contributed by atoms with E-state index in [9.17, 15) is 4.79 Å². The smallest absolute Gasteiger partial charge is 0.435 e. The summed E-state index contributed by atoms with van der Waals surface area (Å²) in [6.07, 6.45) is 9.86. The number of nitrogens with zero attached hydrogens (tertiary/aromatic N) is 7. The molecule has 2 aromatic carbocycles. The molecule has 0 saturated carbocycles. The van der Waals surface area contributed by atoms with Gasteiger partial charge in [-0.15, -0.1) is 12.4 Å². The van der Waals surface area contributed by atoms with Gasteiger partial charge in [0.05, 0.1) is 23.4 Å². The molecule has 0 aliphatic rings. The van der Waals surface area contributed by atoms with E-state index in [2.05, 4.69) is 45.2 Å². The summed E-state index contributed by atoms with van der Waals surface area (Å²) < 4.78 is 6.55. The number of aromatic amines is 3. The molecule has 13 heteroatoms. The minimum absolute atomic E-state index is 0. The van der Waals surface area contributed by atoms with E-state index in [4.69, 9.17) is 4.74 Å². The lowest BCUT2D eigenvalue weighted by atomic mass is 10.1. The maximum atomic E-state index is 12.2. The summed E-state index contributed by atoms with van der Waals surface area (Å²) in [6, 6.07) is 23.7. The van der Waals surface area contributed by atoms with Crippen LogP contribution in [0.1, 0.15) is 20.8 Å². The van der Waals surface area contributed by atoms with Crippen LogP contribution >= 0.6 is 12.4 Å². The molecule has 6 aromatic heterocycles. The molecule has 8 rings (SSSR count). The largest absolute Gasteiger partial charge is 0.442 e. The first kappa shape index (κ1) is 31.8. The molecule has 48 heavy (non-hydrogen) atoms. The Balaban J connectivity index is 0.000000170. The second-order valence-corrected chi connectivity index (χ2v) is 11.7. The van der Waals surface area contributed by atoms with E-state index in [0.717, 1.165) is 56.1 Å². The van der Waals surface area contributed by atoms with Crippen molar-refractivity contribution in [2.24, 2.45) is 0 Å². The highest BCUT2D eigenvalue weighted by molar-refractivity contribution is 5.92. The number of hydrogen-bond acceptors (Lipinski definition) is 8. The highest BCUT2D eigenvalue weighted by Gasteiger charge is 2.20. The quantitative estimate of drug-likeness (QED) is 0.174. The van der Waals surface area contributed by atoms with Crippen LogP contribution in [0.25, 0.3) is 67.4 Å². The molecule has 0 unspecified atom stereocenters. The average Bonchev–Trinajstić information content (AvgIpc) is 3.90. The zero-order chi connectivity index (χ0) is 32.4. The lowest BCUT2D eigenvalue weighted by Crippen LogP contribution is -2.27. The summed E-state index contributed by atoms with van der Waals surface area (Å²) >= 11 is 0. The van der Waals surface area contributed by atoms with Gasteiger partial charge in [0.25, 0.3) is 0 Å². The first-order valence-corrected chi connectivity index (χ1v) is 14.9. The maximum absolute atomic E-state index is 12.2. The van der Waals surface area contributed by atoms with Gasteiger partial charge in [0.1, 0.15) is 17.2 Å². The van der Waals surface area contributed by atoms with E-state index in [1.807, 2.05) is 99.8 Å². The van der Waals surface area contributed by atoms with E-state index in [-0.39, 0.29) is 12.4 Å². The first-order valence-electron chi connectivity index (χ1n) is 14.9. The van der Waals surface area contributed by atoms with E-state index >= 15 is 0 Å². The van der Waals surface area contributed by atoms with Gasteiger partial charge in [-0.2, -0.15) is 14.9 Å². The molecular formula is C35H31ClN10O2. The second-order valence-electron chi connectivity index (χ2n) is 11.7. The Morgan fingerprint density at radius 2 is 1.25 bits per heavy atom. The van der Waals surface area contributed by atoms with Crippen molar-refractivity contribution in [2.75, 3.05) is 0 Å². The van der Waals surface area contributed by atoms with Crippen LogP contribution < -0.4 is 0 Å². The van der Waals surface area contributed by atoms with Crippen LogP contribution in [0.2, 0.25) is 0 Å². The van der Waals surface area contributed by atoms with Crippen LogP contribution in [-0.4, -0.2) is 61.6 Å². The molecule has 12 nitrogen and oxygen atoms in total. The summed E-state index contributed by atoms with van der Waals surface area (Å²) in [5.41, 5.74) is 8.17. The minimum atomic E-state index is -0.582. The Morgan fingerprint density at radius 3 is 1.75 bits per heavy atom. The first-order chi connectivity index (χ1) is 22.8. The number of imidazole rings is 2. The fraction of sp³-hybridized carbons (Fsp3) is 0.114. The number of pyridine rings is 2. The number of fused-ring (bicyclic) bond motifs is 2. The van der Waals surface area contributed by atoms with Crippen LogP contribution in [0.4, 0.5) is 4.79 Å².